The molecule has 1 saturated heterocycles. The quantitative estimate of drug-likeness (QED) is 0.461. The Morgan fingerprint density at radius 2 is 2.12 bits per heavy atom. The Bertz CT molecular complexity index is 1440. The van der Waals surface area contributed by atoms with Gasteiger partial charge in [-0.05, 0) is 32.0 Å². The van der Waals surface area contributed by atoms with E-state index in [0.717, 1.165) is 5.56 Å². The van der Waals surface area contributed by atoms with E-state index in [4.69, 9.17) is 16.3 Å². The summed E-state index contributed by atoms with van der Waals surface area (Å²) in [7, 11) is 0. The number of aromatic amines is 1. The second-order valence-corrected chi connectivity index (χ2v) is 8.57. The van der Waals surface area contributed by atoms with Gasteiger partial charge in [-0.1, -0.05) is 11.6 Å². The third-order valence-electron chi connectivity index (χ3n) is 5.73. The van der Waals surface area contributed by atoms with Crippen molar-refractivity contribution in [2.45, 2.75) is 26.2 Å². The van der Waals surface area contributed by atoms with Crippen LogP contribution >= 0.6 is 11.6 Å². The van der Waals surface area contributed by atoms with Gasteiger partial charge in [0, 0.05) is 41.5 Å². The van der Waals surface area contributed by atoms with Crippen molar-refractivity contribution in [2.75, 3.05) is 24.6 Å². The van der Waals surface area contributed by atoms with Gasteiger partial charge in [0.25, 0.3) is 5.56 Å². The summed E-state index contributed by atoms with van der Waals surface area (Å²) in [5.41, 5.74) is 1.06. The Kier molecular flexibility index (Phi) is 5.78. The van der Waals surface area contributed by atoms with Crippen LogP contribution < -0.4 is 10.5 Å². The highest BCUT2D eigenvalue weighted by Crippen LogP contribution is 2.32. The third kappa shape index (κ3) is 4.14. The Morgan fingerprint density at radius 1 is 1.29 bits per heavy atom. The first kappa shape index (κ1) is 22.4. The van der Waals surface area contributed by atoms with Gasteiger partial charge in [-0.2, -0.15) is 5.10 Å². The van der Waals surface area contributed by atoms with Crippen molar-refractivity contribution in [3.63, 3.8) is 0 Å². The molecule has 1 fully saturated rings. The molecule has 5 rings (SSSR count). The minimum atomic E-state index is -1.25. The van der Waals surface area contributed by atoms with Gasteiger partial charge in [-0.3, -0.25) is 4.79 Å². The predicted octanol–water partition coefficient (Wildman–Crippen LogP) is 4.35. The van der Waals surface area contributed by atoms with E-state index in [1.54, 1.807) is 31.5 Å². The number of benzene rings is 1. The van der Waals surface area contributed by atoms with Crippen molar-refractivity contribution < 1.29 is 13.5 Å². The number of halogens is 3. The first-order chi connectivity index (χ1) is 16.3. The van der Waals surface area contributed by atoms with Crippen LogP contribution in [0.3, 0.4) is 0 Å². The molecule has 2 atom stereocenters. The van der Waals surface area contributed by atoms with E-state index in [2.05, 4.69) is 20.1 Å². The molecule has 34 heavy (non-hydrogen) atoms. The SMILES string of the molecule is Cc1nc2cc(N3CCO[C@@H](c4cnn(C(C)F)c4)C3)nc(-c3ccc(Cl)cc3F)c2c(=O)[nH]1. The van der Waals surface area contributed by atoms with Gasteiger partial charge < -0.3 is 14.6 Å². The molecule has 11 heteroatoms. The zero-order valence-corrected chi connectivity index (χ0v) is 19.2. The zero-order valence-electron chi connectivity index (χ0n) is 18.4. The Morgan fingerprint density at radius 3 is 2.85 bits per heavy atom. The largest absolute Gasteiger partial charge is 0.370 e. The molecular weight excluding hydrogens is 466 g/mol. The minimum absolute atomic E-state index is 0.149. The van der Waals surface area contributed by atoms with E-state index in [9.17, 15) is 13.6 Å². The Balaban J connectivity index is 1.60. The topological polar surface area (TPSA) is 88.9 Å². The van der Waals surface area contributed by atoms with Crippen molar-refractivity contribution >= 4 is 28.3 Å². The molecule has 1 unspecified atom stereocenters. The number of morpholine rings is 1. The molecule has 8 nitrogen and oxygen atoms in total. The summed E-state index contributed by atoms with van der Waals surface area (Å²) in [6.07, 6.45) is 1.59. The predicted molar refractivity (Wildman–Crippen MR) is 124 cm³/mol. The van der Waals surface area contributed by atoms with Crippen molar-refractivity contribution in [3.05, 3.63) is 69.2 Å². The van der Waals surface area contributed by atoms with Crippen molar-refractivity contribution in [2.24, 2.45) is 0 Å². The summed E-state index contributed by atoms with van der Waals surface area (Å²) in [6.45, 7) is 4.41. The lowest BCUT2D eigenvalue weighted by Gasteiger charge is -2.33. The number of H-pyrrole nitrogens is 1. The second-order valence-electron chi connectivity index (χ2n) is 8.13. The molecule has 1 N–H and O–H groups in total. The van der Waals surface area contributed by atoms with Gasteiger partial charge >= 0.3 is 0 Å². The maximum Gasteiger partial charge on any atom is 0.260 e. The summed E-state index contributed by atoms with van der Waals surface area (Å²) in [5, 5.41) is 4.48. The number of nitrogens with zero attached hydrogens (tertiary/aromatic N) is 5. The zero-order chi connectivity index (χ0) is 24.0. The van der Waals surface area contributed by atoms with E-state index >= 15 is 0 Å². The number of pyridine rings is 1. The number of alkyl halides is 1. The standard InChI is InChI=1S/C23H21ClF2N6O2/c1-12(25)32-10-14(9-27-32)19-11-31(5-6-34-19)20-8-18-21(23(33)29-13(2)28-18)22(30-20)16-4-3-15(24)7-17(16)26/h3-4,7-10,12,19H,5-6,11H2,1-2H3,(H,28,29,33)/t12?,19-/m1/s1. The molecule has 1 aromatic carbocycles. The summed E-state index contributed by atoms with van der Waals surface area (Å²) < 4.78 is 35.6. The lowest BCUT2D eigenvalue weighted by Crippen LogP contribution is -2.39. The third-order valence-corrected chi connectivity index (χ3v) is 5.96. The summed E-state index contributed by atoms with van der Waals surface area (Å²) in [4.78, 5) is 26.6. The number of aromatic nitrogens is 5. The first-order valence-corrected chi connectivity index (χ1v) is 11.1. The number of ether oxygens (including phenoxy) is 1. The van der Waals surface area contributed by atoms with Crippen LogP contribution in [0.25, 0.3) is 22.2 Å². The summed E-state index contributed by atoms with van der Waals surface area (Å²) >= 11 is 5.93. The van der Waals surface area contributed by atoms with Crippen LogP contribution in [0.2, 0.25) is 5.02 Å². The van der Waals surface area contributed by atoms with Crippen molar-refractivity contribution in [1.82, 2.24) is 24.7 Å². The molecule has 4 heterocycles. The van der Waals surface area contributed by atoms with Gasteiger partial charge in [-0.25, -0.2) is 23.4 Å². The van der Waals surface area contributed by atoms with Crippen LogP contribution in [0.15, 0.2) is 41.5 Å². The number of hydrogen-bond acceptors (Lipinski definition) is 6. The van der Waals surface area contributed by atoms with E-state index < -0.39 is 17.7 Å². The van der Waals surface area contributed by atoms with E-state index in [1.165, 1.54) is 23.7 Å². The number of rotatable bonds is 4. The van der Waals surface area contributed by atoms with Crippen LogP contribution in [0.4, 0.5) is 14.6 Å². The number of aryl methyl sites for hydroxylation is 1. The van der Waals surface area contributed by atoms with Crippen LogP contribution in [-0.4, -0.2) is 44.4 Å². The molecule has 0 aliphatic carbocycles. The fourth-order valence-electron chi connectivity index (χ4n) is 4.08. The number of nitrogens with one attached hydrogen (secondary N) is 1. The van der Waals surface area contributed by atoms with E-state index in [0.29, 0.717) is 36.9 Å². The summed E-state index contributed by atoms with van der Waals surface area (Å²) in [6, 6.07) is 5.94. The average Bonchev–Trinajstić information content (AvgIpc) is 3.29. The van der Waals surface area contributed by atoms with Crippen molar-refractivity contribution in [3.8, 4) is 11.3 Å². The maximum atomic E-state index is 14.9. The van der Waals surface area contributed by atoms with Gasteiger partial charge in [0.05, 0.1) is 29.4 Å². The number of hydrogen-bond donors (Lipinski definition) is 1. The lowest BCUT2D eigenvalue weighted by molar-refractivity contribution is 0.0394. The monoisotopic (exact) mass is 486 g/mol. The highest BCUT2D eigenvalue weighted by molar-refractivity contribution is 6.30. The van der Waals surface area contributed by atoms with Crippen LogP contribution in [0.5, 0.6) is 0 Å². The molecule has 4 aromatic rings. The highest BCUT2D eigenvalue weighted by atomic mass is 35.5. The molecular formula is C23H21ClF2N6O2. The lowest BCUT2D eigenvalue weighted by atomic mass is 10.1. The molecule has 0 spiro atoms. The number of anilines is 1. The fraction of sp³-hybridized carbons (Fsp3) is 0.304. The van der Waals surface area contributed by atoms with Crippen LogP contribution in [0.1, 0.15) is 30.7 Å². The molecule has 3 aromatic heterocycles. The van der Waals surface area contributed by atoms with Gasteiger partial charge in [-0.15, -0.1) is 0 Å². The number of fused-ring (bicyclic) bond motifs is 1. The normalized spacial score (nSPS) is 17.3. The molecule has 0 saturated carbocycles. The molecule has 176 valence electrons. The average molecular weight is 487 g/mol. The molecule has 0 amide bonds. The minimum Gasteiger partial charge on any atom is -0.370 e. The smallest absolute Gasteiger partial charge is 0.260 e. The molecule has 0 radical (unpaired) electrons. The van der Waals surface area contributed by atoms with Gasteiger partial charge in [0.15, 0.2) is 6.30 Å². The van der Waals surface area contributed by atoms with Crippen LogP contribution in [-0.2, 0) is 4.74 Å². The molecule has 1 aliphatic heterocycles. The fourth-order valence-corrected chi connectivity index (χ4v) is 4.24. The van der Waals surface area contributed by atoms with Crippen LogP contribution in [0, 0.1) is 12.7 Å². The Hall–Kier alpha value is -3.37. The molecule has 0 bridgehead atoms. The second kappa shape index (κ2) is 8.77. The summed E-state index contributed by atoms with van der Waals surface area (Å²) in [5.74, 6) is 0.365. The van der Waals surface area contributed by atoms with Gasteiger partial charge in [0.2, 0.25) is 0 Å². The molecule has 1 aliphatic rings. The van der Waals surface area contributed by atoms with E-state index in [1.807, 2.05) is 4.90 Å². The highest BCUT2D eigenvalue weighted by Gasteiger charge is 2.26. The first-order valence-electron chi connectivity index (χ1n) is 10.7. The van der Waals surface area contributed by atoms with Crippen molar-refractivity contribution in [1.29, 1.82) is 0 Å². The maximum absolute atomic E-state index is 14.9. The Labute approximate surface area is 198 Å². The van der Waals surface area contributed by atoms with Gasteiger partial charge in [0.1, 0.15) is 23.6 Å². The van der Waals surface area contributed by atoms with E-state index in [-0.39, 0.29) is 27.8 Å².